The van der Waals surface area contributed by atoms with Crippen molar-refractivity contribution in [2.75, 3.05) is 33.2 Å². The van der Waals surface area contributed by atoms with E-state index in [1.165, 1.54) is 6.08 Å². The van der Waals surface area contributed by atoms with Gasteiger partial charge in [0.05, 0.1) is 12.6 Å². The smallest absolute Gasteiger partial charge is 0.288 e. The molecule has 0 aromatic heterocycles. The van der Waals surface area contributed by atoms with Gasteiger partial charge in [0.15, 0.2) is 0 Å². The maximum Gasteiger partial charge on any atom is 0.288 e. The number of aldehydes is 1. The van der Waals surface area contributed by atoms with Crippen LogP contribution in [0.2, 0.25) is 0 Å². The van der Waals surface area contributed by atoms with E-state index in [0.29, 0.717) is 23.8 Å². The molecule has 0 spiro atoms. The molecule has 1 aliphatic heterocycles. The van der Waals surface area contributed by atoms with Gasteiger partial charge in [-0.15, -0.1) is 6.58 Å². The molecule has 0 aliphatic carbocycles. The Morgan fingerprint density at radius 2 is 1.81 bits per heavy atom. The zero-order chi connectivity index (χ0) is 21.6. The minimum Gasteiger partial charge on any atom is -0.346 e. The number of Topliss-reactive ketones (excluding diaryl/α,β-unsaturated/α-hetero) is 1. The maximum absolute atomic E-state index is 11.0. The van der Waals surface area contributed by atoms with Gasteiger partial charge in [0.2, 0.25) is 5.78 Å². The summed E-state index contributed by atoms with van der Waals surface area (Å²) in [4.78, 5) is 34.8. The number of carbonyl (C=O) groups is 3. The van der Waals surface area contributed by atoms with Gasteiger partial charge in [0, 0.05) is 13.1 Å². The lowest BCUT2D eigenvalue weighted by atomic mass is 9.74. The number of likely N-dealkylation sites (tertiary alicyclic amines) is 1. The van der Waals surface area contributed by atoms with Crippen molar-refractivity contribution in [3.8, 4) is 0 Å². The lowest BCUT2D eigenvalue weighted by Crippen LogP contribution is -2.36. The molecular formula is C21H41N3O3. The molecule has 1 rings (SSSR count). The molecule has 1 heterocycles. The van der Waals surface area contributed by atoms with Crippen LogP contribution in [0.5, 0.6) is 0 Å². The summed E-state index contributed by atoms with van der Waals surface area (Å²) in [6, 6.07) is 0.143. The minimum absolute atomic E-state index is 0.0724. The lowest BCUT2D eigenvalue weighted by Gasteiger charge is -2.30. The SMILES string of the molecule is C=CCNC(=O)C(=O)CNC.CC.CCN1CC(C(C)(C)C)C(C)C1C=O. The molecule has 1 fully saturated rings. The van der Waals surface area contributed by atoms with Gasteiger partial charge in [0.25, 0.3) is 5.91 Å². The second-order valence-electron chi connectivity index (χ2n) is 7.50. The number of ketones is 1. The van der Waals surface area contributed by atoms with E-state index in [4.69, 9.17) is 0 Å². The maximum atomic E-state index is 11.0. The summed E-state index contributed by atoms with van der Waals surface area (Å²) in [5, 5.41) is 4.96. The number of rotatable bonds is 7. The minimum atomic E-state index is -0.570. The van der Waals surface area contributed by atoms with Crippen LogP contribution < -0.4 is 10.6 Å². The molecule has 1 saturated heterocycles. The van der Waals surface area contributed by atoms with Crippen molar-refractivity contribution in [3.05, 3.63) is 12.7 Å². The highest BCUT2D eigenvalue weighted by Gasteiger charge is 2.43. The van der Waals surface area contributed by atoms with Crippen LogP contribution in [-0.2, 0) is 14.4 Å². The third kappa shape index (κ3) is 9.82. The molecule has 2 N–H and O–H groups in total. The van der Waals surface area contributed by atoms with Crippen LogP contribution in [0.1, 0.15) is 48.5 Å². The first-order chi connectivity index (χ1) is 12.6. The first-order valence-electron chi connectivity index (χ1n) is 9.89. The predicted molar refractivity (Wildman–Crippen MR) is 113 cm³/mol. The number of likely N-dealkylation sites (N-methyl/N-ethyl adjacent to an activating group) is 2. The van der Waals surface area contributed by atoms with Crippen LogP contribution in [0.4, 0.5) is 0 Å². The molecule has 6 nitrogen and oxygen atoms in total. The fourth-order valence-electron chi connectivity index (χ4n) is 3.23. The Morgan fingerprint density at radius 3 is 2.15 bits per heavy atom. The fourth-order valence-corrected chi connectivity index (χ4v) is 3.23. The summed E-state index contributed by atoms with van der Waals surface area (Å²) >= 11 is 0. The molecule has 1 aliphatic rings. The second kappa shape index (κ2) is 14.5. The largest absolute Gasteiger partial charge is 0.346 e. The van der Waals surface area contributed by atoms with Gasteiger partial charge in [-0.05, 0) is 30.8 Å². The van der Waals surface area contributed by atoms with E-state index >= 15 is 0 Å². The Morgan fingerprint density at radius 1 is 1.26 bits per heavy atom. The van der Waals surface area contributed by atoms with Crippen molar-refractivity contribution in [3.63, 3.8) is 0 Å². The number of hydrogen-bond acceptors (Lipinski definition) is 5. The van der Waals surface area contributed by atoms with E-state index in [9.17, 15) is 14.4 Å². The first-order valence-corrected chi connectivity index (χ1v) is 9.89. The first kappa shape index (κ1) is 27.7. The quantitative estimate of drug-likeness (QED) is 0.401. The van der Waals surface area contributed by atoms with Crippen LogP contribution in [0, 0.1) is 17.3 Å². The summed E-state index contributed by atoms with van der Waals surface area (Å²) in [5.41, 5.74) is 0.310. The number of nitrogens with zero attached hydrogens (tertiary/aromatic N) is 1. The Balaban J connectivity index is 0. The molecule has 3 unspecified atom stereocenters. The van der Waals surface area contributed by atoms with E-state index in [-0.39, 0.29) is 12.6 Å². The fraction of sp³-hybridized carbons (Fsp3) is 0.762. The molecule has 6 heteroatoms. The molecule has 0 bridgehead atoms. The topological polar surface area (TPSA) is 78.5 Å². The molecule has 0 aromatic rings. The summed E-state index contributed by atoms with van der Waals surface area (Å²) < 4.78 is 0. The van der Waals surface area contributed by atoms with Crippen molar-refractivity contribution in [2.24, 2.45) is 17.3 Å². The van der Waals surface area contributed by atoms with Crippen molar-refractivity contribution in [1.82, 2.24) is 15.5 Å². The van der Waals surface area contributed by atoms with Crippen molar-refractivity contribution in [2.45, 2.75) is 54.5 Å². The number of hydrogen-bond donors (Lipinski definition) is 2. The zero-order valence-electron chi connectivity index (χ0n) is 18.6. The van der Waals surface area contributed by atoms with Crippen LogP contribution in [-0.4, -0.2) is 62.1 Å². The Kier molecular flexibility index (Phi) is 14.9. The molecule has 0 aromatic carbocycles. The van der Waals surface area contributed by atoms with Gasteiger partial charge < -0.3 is 15.4 Å². The van der Waals surface area contributed by atoms with Crippen molar-refractivity contribution >= 4 is 18.0 Å². The molecule has 1 amide bonds. The van der Waals surface area contributed by atoms with Gasteiger partial charge in [-0.2, -0.15) is 0 Å². The Bertz CT molecular complexity index is 458. The number of amides is 1. The van der Waals surface area contributed by atoms with Crippen molar-refractivity contribution < 1.29 is 14.4 Å². The third-order valence-electron chi connectivity index (χ3n) is 4.68. The summed E-state index contributed by atoms with van der Waals surface area (Å²) in [5.74, 6) is 0.0960. The van der Waals surface area contributed by atoms with Crippen molar-refractivity contribution in [1.29, 1.82) is 0 Å². The molecule has 3 atom stereocenters. The van der Waals surface area contributed by atoms with E-state index in [1.807, 2.05) is 13.8 Å². The van der Waals surface area contributed by atoms with E-state index in [1.54, 1.807) is 7.05 Å². The van der Waals surface area contributed by atoms with Crippen LogP contribution in [0.25, 0.3) is 0 Å². The van der Waals surface area contributed by atoms with Crippen LogP contribution in [0.3, 0.4) is 0 Å². The summed E-state index contributed by atoms with van der Waals surface area (Å²) in [6.07, 6.45) is 2.64. The van der Waals surface area contributed by atoms with Crippen LogP contribution in [0.15, 0.2) is 12.7 Å². The van der Waals surface area contributed by atoms with E-state index < -0.39 is 11.7 Å². The highest BCUT2D eigenvalue weighted by atomic mass is 16.2. The van der Waals surface area contributed by atoms with E-state index in [2.05, 4.69) is 56.7 Å². The lowest BCUT2D eigenvalue weighted by molar-refractivity contribution is -0.137. The average Bonchev–Trinajstić information content (AvgIpc) is 2.97. The normalized spacial score (nSPS) is 21.9. The monoisotopic (exact) mass is 383 g/mol. The summed E-state index contributed by atoms with van der Waals surface area (Å²) in [7, 11) is 1.61. The predicted octanol–water partition coefficient (Wildman–Crippen LogP) is 2.29. The van der Waals surface area contributed by atoms with Gasteiger partial charge in [-0.3, -0.25) is 14.5 Å². The molecule has 158 valence electrons. The average molecular weight is 384 g/mol. The molecule has 0 saturated carbocycles. The standard InChI is InChI=1S/C12H23NO.C7H12N2O2.C2H6/c1-6-13-7-10(12(3,4)5)9(2)11(13)8-14;1-3-4-9-7(11)6(10)5-8-2;1-2/h8-11H,6-7H2,1-5H3;3,8H,1,4-5H2,2H3,(H,9,11);1-2H3. The Hall–Kier alpha value is -1.53. The Labute approximate surface area is 166 Å². The molecule has 0 radical (unpaired) electrons. The van der Waals surface area contributed by atoms with Gasteiger partial charge in [-0.1, -0.05) is 54.5 Å². The van der Waals surface area contributed by atoms with Crippen LogP contribution >= 0.6 is 0 Å². The number of nitrogens with one attached hydrogen (secondary N) is 2. The second-order valence-corrected chi connectivity index (χ2v) is 7.50. The van der Waals surface area contributed by atoms with Gasteiger partial charge in [-0.25, -0.2) is 0 Å². The highest BCUT2D eigenvalue weighted by molar-refractivity contribution is 6.37. The molecular weight excluding hydrogens is 342 g/mol. The zero-order valence-corrected chi connectivity index (χ0v) is 18.6. The third-order valence-corrected chi connectivity index (χ3v) is 4.68. The van der Waals surface area contributed by atoms with Gasteiger partial charge >= 0.3 is 0 Å². The molecule has 27 heavy (non-hydrogen) atoms. The number of carbonyl (C=O) groups excluding carboxylic acids is 3. The highest BCUT2D eigenvalue weighted by Crippen LogP contribution is 2.40. The van der Waals surface area contributed by atoms with Gasteiger partial charge in [0.1, 0.15) is 6.29 Å². The van der Waals surface area contributed by atoms with E-state index in [0.717, 1.165) is 19.4 Å². The summed E-state index contributed by atoms with van der Waals surface area (Å²) in [6.45, 7) is 21.0.